The second-order valence-electron chi connectivity index (χ2n) is 10.2. The largest absolute Gasteiger partial charge is 0.361 e. The molecule has 1 aliphatic heterocycles. The normalized spacial score (nSPS) is 17.9. The molecule has 3 heterocycles. The van der Waals surface area contributed by atoms with Crippen LogP contribution in [-0.2, 0) is 11.3 Å². The number of H-pyrrole nitrogens is 1. The van der Waals surface area contributed by atoms with Gasteiger partial charge in [0.25, 0.3) is 0 Å². The van der Waals surface area contributed by atoms with Gasteiger partial charge in [0.15, 0.2) is 0 Å². The molecule has 1 saturated carbocycles. The number of halogens is 1. The summed E-state index contributed by atoms with van der Waals surface area (Å²) >= 11 is 3.65. The van der Waals surface area contributed by atoms with Crippen molar-refractivity contribution in [3.8, 4) is 22.5 Å². The molecule has 1 N–H and O–H groups in total. The first-order valence-electron chi connectivity index (χ1n) is 12.7. The zero-order valence-electron chi connectivity index (χ0n) is 20.0. The third-order valence-electron chi connectivity index (χ3n) is 7.71. The first kappa shape index (κ1) is 21.9. The maximum atomic E-state index is 12.6. The lowest BCUT2D eigenvalue weighted by molar-refractivity contribution is -0.131. The van der Waals surface area contributed by atoms with Crippen LogP contribution in [-0.4, -0.2) is 38.4 Å². The van der Waals surface area contributed by atoms with E-state index in [1.165, 1.54) is 16.5 Å². The molecule has 2 fully saturated rings. The van der Waals surface area contributed by atoms with Crippen molar-refractivity contribution in [3.05, 3.63) is 77.4 Å². The molecular formula is C30H27BrN4O. The molecular weight excluding hydrogens is 512 g/mol. The number of aromatic nitrogens is 3. The molecule has 5 aromatic rings. The number of benzene rings is 3. The quantitative estimate of drug-likeness (QED) is 0.265. The lowest BCUT2D eigenvalue weighted by Gasteiger charge is -2.18. The second-order valence-corrected chi connectivity index (χ2v) is 11.2. The Hall–Kier alpha value is -3.38. The number of imidazole rings is 1. The van der Waals surface area contributed by atoms with E-state index >= 15 is 0 Å². The molecule has 0 spiro atoms. The predicted octanol–water partition coefficient (Wildman–Crippen LogP) is 6.87. The number of amides is 1. The van der Waals surface area contributed by atoms with Gasteiger partial charge in [-0.15, -0.1) is 0 Å². The smallest absolute Gasteiger partial charge is 0.225 e. The summed E-state index contributed by atoms with van der Waals surface area (Å²) in [6.07, 6.45) is 5.16. The molecule has 0 radical (unpaired) electrons. The molecule has 1 aliphatic carbocycles. The Morgan fingerprint density at radius 2 is 1.75 bits per heavy atom. The van der Waals surface area contributed by atoms with E-state index in [0.717, 1.165) is 71.3 Å². The Morgan fingerprint density at radius 1 is 0.944 bits per heavy atom. The van der Waals surface area contributed by atoms with Crippen LogP contribution in [0, 0.1) is 11.8 Å². The van der Waals surface area contributed by atoms with Crippen molar-refractivity contribution in [2.75, 3.05) is 13.1 Å². The summed E-state index contributed by atoms with van der Waals surface area (Å²) in [4.78, 5) is 23.1. The fourth-order valence-electron chi connectivity index (χ4n) is 5.57. The Balaban J connectivity index is 1.21. The maximum absolute atomic E-state index is 12.6. The highest BCUT2D eigenvalue weighted by Crippen LogP contribution is 2.35. The van der Waals surface area contributed by atoms with Crippen LogP contribution in [0.1, 0.15) is 19.3 Å². The summed E-state index contributed by atoms with van der Waals surface area (Å²) in [5.74, 6) is 2.08. The standard InChI is InChI=1S/C30H27BrN4O/c31-25-9-10-26-28(16-25)35(18-19-12-14-34(17-19)30(36)23-6-7-23)29(33-26)22-4-1-20(2-5-22)24-8-3-21-11-13-32-27(21)15-24/h1-5,8-11,13,15-16,19,23,32H,6-7,12,14,17-18H2/t19-/m0/s1. The third-order valence-corrected chi connectivity index (χ3v) is 8.20. The maximum Gasteiger partial charge on any atom is 0.225 e. The molecule has 2 aromatic heterocycles. The monoisotopic (exact) mass is 538 g/mol. The van der Waals surface area contributed by atoms with Crippen LogP contribution < -0.4 is 0 Å². The van der Waals surface area contributed by atoms with Gasteiger partial charge in [-0.25, -0.2) is 4.98 Å². The number of nitrogens with one attached hydrogen (secondary N) is 1. The Kier molecular flexibility index (Phi) is 5.24. The molecule has 0 bridgehead atoms. The van der Waals surface area contributed by atoms with Crippen LogP contribution in [0.5, 0.6) is 0 Å². The second kappa shape index (κ2) is 8.63. The van der Waals surface area contributed by atoms with E-state index in [2.05, 4.69) is 97.1 Å². The Morgan fingerprint density at radius 3 is 2.58 bits per heavy atom. The summed E-state index contributed by atoms with van der Waals surface area (Å²) in [6, 6.07) is 23.6. The van der Waals surface area contributed by atoms with Crippen LogP contribution in [0.15, 0.2) is 77.4 Å². The number of carbonyl (C=O) groups excluding carboxylic acids is 1. The summed E-state index contributed by atoms with van der Waals surface area (Å²) in [5, 5.41) is 1.22. The summed E-state index contributed by atoms with van der Waals surface area (Å²) < 4.78 is 3.41. The number of likely N-dealkylation sites (tertiary alicyclic amines) is 1. The van der Waals surface area contributed by atoms with Crippen LogP contribution >= 0.6 is 15.9 Å². The van der Waals surface area contributed by atoms with Crippen molar-refractivity contribution in [1.82, 2.24) is 19.4 Å². The number of hydrogen-bond donors (Lipinski definition) is 1. The van der Waals surface area contributed by atoms with Crippen molar-refractivity contribution < 1.29 is 4.79 Å². The van der Waals surface area contributed by atoms with Crippen molar-refractivity contribution in [2.45, 2.75) is 25.8 Å². The van der Waals surface area contributed by atoms with Crippen molar-refractivity contribution in [2.24, 2.45) is 11.8 Å². The van der Waals surface area contributed by atoms with Crippen LogP contribution in [0.25, 0.3) is 44.5 Å². The van der Waals surface area contributed by atoms with E-state index in [1.54, 1.807) is 0 Å². The van der Waals surface area contributed by atoms with Gasteiger partial charge in [-0.05, 0) is 72.0 Å². The fourth-order valence-corrected chi connectivity index (χ4v) is 5.92. The zero-order chi connectivity index (χ0) is 24.2. The molecule has 2 aliphatic rings. The van der Waals surface area contributed by atoms with E-state index in [1.807, 2.05) is 6.20 Å². The Bertz CT molecular complexity index is 1590. The van der Waals surface area contributed by atoms with Gasteiger partial charge in [0.05, 0.1) is 11.0 Å². The van der Waals surface area contributed by atoms with Gasteiger partial charge in [0.1, 0.15) is 5.82 Å². The first-order chi connectivity index (χ1) is 17.6. The number of nitrogens with zero attached hydrogens (tertiary/aromatic N) is 3. The van der Waals surface area contributed by atoms with Gasteiger partial charge >= 0.3 is 0 Å². The summed E-state index contributed by atoms with van der Waals surface area (Å²) in [5.41, 5.74) is 6.77. The van der Waals surface area contributed by atoms with E-state index in [0.29, 0.717) is 17.7 Å². The average Bonchev–Trinajstić information content (AvgIpc) is 3.30. The molecule has 36 heavy (non-hydrogen) atoms. The van der Waals surface area contributed by atoms with E-state index < -0.39 is 0 Å². The summed E-state index contributed by atoms with van der Waals surface area (Å²) in [6.45, 7) is 2.59. The number of hydrogen-bond acceptors (Lipinski definition) is 2. The minimum Gasteiger partial charge on any atom is -0.361 e. The SMILES string of the molecule is O=C(C1CC1)N1CC[C@H](Cn2c(-c3ccc(-c4ccc5cc[nH]c5c4)cc3)nc3ccc(Br)cc32)C1. The number of rotatable bonds is 5. The number of aromatic amines is 1. The van der Waals surface area contributed by atoms with Crippen molar-refractivity contribution >= 4 is 43.8 Å². The van der Waals surface area contributed by atoms with Crippen molar-refractivity contribution in [1.29, 1.82) is 0 Å². The lowest BCUT2D eigenvalue weighted by atomic mass is 10.0. The van der Waals surface area contributed by atoms with Crippen LogP contribution in [0.3, 0.4) is 0 Å². The predicted molar refractivity (Wildman–Crippen MR) is 148 cm³/mol. The number of carbonyl (C=O) groups is 1. The average molecular weight is 539 g/mol. The van der Waals surface area contributed by atoms with Gasteiger partial charge < -0.3 is 14.5 Å². The molecule has 3 aromatic carbocycles. The molecule has 1 atom stereocenters. The minimum absolute atomic E-state index is 0.292. The van der Waals surface area contributed by atoms with Gasteiger partial charge in [0.2, 0.25) is 5.91 Å². The van der Waals surface area contributed by atoms with E-state index in [9.17, 15) is 4.79 Å². The van der Waals surface area contributed by atoms with Gasteiger partial charge in [0, 0.05) is 47.3 Å². The first-order valence-corrected chi connectivity index (χ1v) is 13.5. The van der Waals surface area contributed by atoms with Crippen LogP contribution in [0.4, 0.5) is 0 Å². The van der Waals surface area contributed by atoms with Gasteiger partial charge in [-0.3, -0.25) is 4.79 Å². The van der Waals surface area contributed by atoms with Crippen LogP contribution in [0.2, 0.25) is 0 Å². The fraction of sp³-hybridized carbons (Fsp3) is 0.267. The van der Waals surface area contributed by atoms with E-state index in [-0.39, 0.29) is 0 Å². The molecule has 7 rings (SSSR count). The summed E-state index contributed by atoms with van der Waals surface area (Å²) in [7, 11) is 0. The zero-order valence-corrected chi connectivity index (χ0v) is 21.5. The third kappa shape index (κ3) is 3.94. The molecule has 5 nitrogen and oxygen atoms in total. The minimum atomic E-state index is 0.292. The van der Waals surface area contributed by atoms with E-state index in [4.69, 9.17) is 4.98 Å². The molecule has 180 valence electrons. The highest BCUT2D eigenvalue weighted by atomic mass is 79.9. The molecule has 1 saturated heterocycles. The van der Waals surface area contributed by atoms with Crippen molar-refractivity contribution in [3.63, 3.8) is 0 Å². The molecule has 1 amide bonds. The lowest BCUT2D eigenvalue weighted by Crippen LogP contribution is -2.30. The highest BCUT2D eigenvalue weighted by Gasteiger charge is 2.36. The highest BCUT2D eigenvalue weighted by molar-refractivity contribution is 9.10. The molecule has 6 heteroatoms. The number of fused-ring (bicyclic) bond motifs is 2. The van der Waals surface area contributed by atoms with Gasteiger partial charge in [-0.2, -0.15) is 0 Å². The molecule has 0 unspecified atom stereocenters. The van der Waals surface area contributed by atoms with Gasteiger partial charge in [-0.1, -0.05) is 52.3 Å². The topological polar surface area (TPSA) is 53.9 Å². The Labute approximate surface area is 218 Å².